The Hall–Kier alpha value is -2.90. The van der Waals surface area contributed by atoms with Gasteiger partial charge in [-0.2, -0.15) is 4.68 Å². The molecule has 0 radical (unpaired) electrons. The molecule has 0 saturated heterocycles. The lowest BCUT2D eigenvalue weighted by molar-refractivity contribution is -0.137. The van der Waals surface area contributed by atoms with Crippen molar-refractivity contribution in [3.8, 4) is 17.1 Å². The number of fused-ring (bicyclic) bond motifs is 1. The molecule has 0 amide bonds. The molecule has 2 N–H and O–H groups in total. The van der Waals surface area contributed by atoms with Crippen LogP contribution < -0.4 is 11.0 Å². The lowest BCUT2D eigenvalue weighted by Crippen LogP contribution is -2.30. The van der Waals surface area contributed by atoms with Gasteiger partial charge in [-0.1, -0.05) is 36.4 Å². The third kappa shape index (κ3) is 5.52. The van der Waals surface area contributed by atoms with E-state index < -0.39 is 5.97 Å². The van der Waals surface area contributed by atoms with Crippen molar-refractivity contribution in [1.82, 2.24) is 19.7 Å². The van der Waals surface area contributed by atoms with Crippen molar-refractivity contribution >= 4 is 18.4 Å². The Bertz CT molecular complexity index is 1210. The second-order valence-corrected chi connectivity index (χ2v) is 9.56. The first-order valence-electron chi connectivity index (χ1n) is 12.4. The third-order valence-corrected chi connectivity index (χ3v) is 7.37. The number of nitrogens with one attached hydrogen (secondary N) is 1. The van der Waals surface area contributed by atoms with Gasteiger partial charge < -0.3 is 10.4 Å². The van der Waals surface area contributed by atoms with Gasteiger partial charge in [-0.3, -0.25) is 9.36 Å². The number of rotatable bonds is 6. The fraction of sp³-hybridized carbons (Fsp3) is 0.444. The Morgan fingerprint density at radius 3 is 2.43 bits per heavy atom. The average molecular weight is 497 g/mol. The van der Waals surface area contributed by atoms with Crippen LogP contribution in [0.15, 0.2) is 53.3 Å². The molecule has 0 unspecified atom stereocenters. The Kier molecular flexibility index (Phi) is 8.08. The molecule has 1 aliphatic heterocycles. The van der Waals surface area contributed by atoms with Gasteiger partial charge in [0.15, 0.2) is 5.82 Å². The van der Waals surface area contributed by atoms with Crippen LogP contribution in [0.25, 0.3) is 17.1 Å². The highest BCUT2D eigenvalue weighted by Gasteiger charge is 2.28. The maximum Gasteiger partial charge on any atom is 0.351 e. The van der Waals surface area contributed by atoms with Crippen molar-refractivity contribution in [3.63, 3.8) is 0 Å². The van der Waals surface area contributed by atoms with E-state index in [9.17, 15) is 9.59 Å². The summed E-state index contributed by atoms with van der Waals surface area (Å²) in [7, 11) is 0. The summed E-state index contributed by atoms with van der Waals surface area (Å²) in [6, 6.07) is 16.3. The van der Waals surface area contributed by atoms with E-state index in [2.05, 4.69) is 17.4 Å². The van der Waals surface area contributed by atoms with Gasteiger partial charge >= 0.3 is 11.7 Å². The van der Waals surface area contributed by atoms with Crippen LogP contribution in [0.3, 0.4) is 0 Å². The van der Waals surface area contributed by atoms with Gasteiger partial charge in [-0.05, 0) is 87.2 Å². The zero-order chi connectivity index (χ0) is 23.5. The summed E-state index contributed by atoms with van der Waals surface area (Å²) in [5.74, 6) is 0.384. The summed E-state index contributed by atoms with van der Waals surface area (Å²) in [5.41, 5.74) is 4.27. The Balaban J connectivity index is 0.00000289. The molecule has 2 aliphatic rings. The quantitative estimate of drug-likeness (QED) is 0.527. The summed E-state index contributed by atoms with van der Waals surface area (Å²) in [4.78, 5) is 24.7. The first-order valence-corrected chi connectivity index (χ1v) is 12.4. The third-order valence-electron chi connectivity index (χ3n) is 7.37. The normalized spacial score (nSPS) is 19.9. The van der Waals surface area contributed by atoms with E-state index in [-0.39, 0.29) is 30.6 Å². The maximum absolute atomic E-state index is 13.8. The summed E-state index contributed by atoms with van der Waals surface area (Å²) in [6.45, 7) is 1.92. The fourth-order valence-electron chi connectivity index (χ4n) is 5.47. The van der Waals surface area contributed by atoms with E-state index in [1.54, 1.807) is 4.68 Å². The van der Waals surface area contributed by atoms with Gasteiger partial charge in [-0.15, -0.1) is 17.5 Å². The minimum atomic E-state index is -0.734. The van der Waals surface area contributed by atoms with E-state index in [0.29, 0.717) is 18.2 Å². The zero-order valence-electron chi connectivity index (χ0n) is 19.9. The number of hydrogen-bond acceptors (Lipinski definition) is 4. The lowest BCUT2D eigenvalue weighted by atomic mass is 9.83. The van der Waals surface area contributed by atoms with Crippen molar-refractivity contribution in [2.45, 2.75) is 57.4 Å². The number of carboxylic acid groups (broad SMARTS) is 1. The van der Waals surface area contributed by atoms with E-state index in [4.69, 9.17) is 10.2 Å². The minimum Gasteiger partial charge on any atom is -0.481 e. The van der Waals surface area contributed by atoms with Crippen LogP contribution >= 0.6 is 12.4 Å². The van der Waals surface area contributed by atoms with Gasteiger partial charge in [-0.25, -0.2) is 4.79 Å². The molecule has 5 rings (SSSR count). The standard InChI is InChI=1S/C27H32N4O3.ClH/c32-25(33)13-8-19-6-10-23(11-7-19)30-26(21-4-2-1-3-5-21)29-31(27(30)34)24-12-9-20-14-16-28-17-15-22(20)18-24;/h1-5,9,12,18-19,23,28H,6-8,10-11,13-17H2,(H,32,33);1H. The van der Waals surface area contributed by atoms with Gasteiger partial charge in [0, 0.05) is 18.0 Å². The van der Waals surface area contributed by atoms with Crippen molar-refractivity contribution in [2.24, 2.45) is 5.92 Å². The highest BCUT2D eigenvalue weighted by molar-refractivity contribution is 5.85. The number of halogens is 1. The second kappa shape index (κ2) is 11.2. The van der Waals surface area contributed by atoms with Crippen LogP contribution in [0.5, 0.6) is 0 Å². The van der Waals surface area contributed by atoms with Crippen molar-refractivity contribution < 1.29 is 9.90 Å². The molecule has 0 spiro atoms. The minimum absolute atomic E-state index is 0. The number of aromatic nitrogens is 3. The molecule has 1 fully saturated rings. The number of nitrogens with zero attached hydrogens (tertiary/aromatic N) is 3. The molecule has 8 heteroatoms. The summed E-state index contributed by atoms with van der Waals surface area (Å²) in [5, 5.41) is 17.3. The molecule has 186 valence electrons. The molecule has 35 heavy (non-hydrogen) atoms. The Labute approximate surface area is 211 Å². The molecule has 0 atom stereocenters. The van der Waals surface area contributed by atoms with E-state index in [0.717, 1.165) is 62.9 Å². The molecular formula is C27H33ClN4O3. The van der Waals surface area contributed by atoms with Crippen LogP contribution in [0.2, 0.25) is 0 Å². The predicted octanol–water partition coefficient (Wildman–Crippen LogP) is 4.41. The lowest BCUT2D eigenvalue weighted by Gasteiger charge is -2.29. The summed E-state index contributed by atoms with van der Waals surface area (Å²) >= 11 is 0. The van der Waals surface area contributed by atoms with Crippen molar-refractivity contribution in [2.75, 3.05) is 13.1 Å². The topological polar surface area (TPSA) is 89.2 Å². The molecule has 1 saturated carbocycles. The Morgan fingerprint density at radius 2 is 1.71 bits per heavy atom. The molecular weight excluding hydrogens is 464 g/mol. The largest absolute Gasteiger partial charge is 0.481 e. The van der Waals surface area contributed by atoms with Gasteiger partial charge in [0.25, 0.3) is 0 Å². The van der Waals surface area contributed by atoms with E-state index >= 15 is 0 Å². The van der Waals surface area contributed by atoms with Crippen molar-refractivity contribution in [3.05, 3.63) is 70.1 Å². The number of hydrogen-bond donors (Lipinski definition) is 2. The maximum atomic E-state index is 13.8. The van der Waals surface area contributed by atoms with Crippen LogP contribution in [0.1, 0.15) is 55.7 Å². The van der Waals surface area contributed by atoms with E-state index in [1.165, 1.54) is 11.1 Å². The molecule has 0 bridgehead atoms. The number of carbonyl (C=O) groups is 1. The van der Waals surface area contributed by atoms with Gasteiger partial charge in [0.2, 0.25) is 0 Å². The van der Waals surface area contributed by atoms with Crippen LogP contribution in [0.4, 0.5) is 0 Å². The van der Waals surface area contributed by atoms with Crippen molar-refractivity contribution in [1.29, 1.82) is 0 Å². The SMILES string of the molecule is Cl.O=C(O)CCC1CCC(n2c(-c3ccccc3)nn(-c3ccc4c(c3)CCNCC4)c2=O)CC1. The van der Waals surface area contributed by atoms with Crippen LogP contribution in [-0.4, -0.2) is 38.5 Å². The molecule has 7 nitrogen and oxygen atoms in total. The first kappa shape index (κ1) is 25.2. The smallest absolute Gasteiger partial charge is 0.351 e. The van der Waals surface area contributed by atoms with Crippen LogP contribution in [0, 0.1) is 5.92 Å². The Morgan fingerprint density at radius 1 is 1.00 bits per heavy atom. The average Bonchev–Trinajstić information content (AvgIpc) is 3.03. The van der Waals surface area contributed by atoms with Gasteiger partial charge in [0.05, 0.1) is 5.69 Å². The molecule has 1 aliphatic carbocycles. The number of carboxylic acids is 1. The van der Waals surface area contributed by atoms with Crippen LogP contribution in [-0.2, 0) is 17.6 Å². The predicted molar refractivity (Wildman–Crippen MR) is 139 cm³/mol. The highest BCUT2D eigenvalue weighted by atomic mass is 35.5. The zero-order valence-corrected chi connectivity index (χ0v) is 20.7. The molecule has 1 aromatic heterocycles. The second-order valence-electron chi connectivity index (χ2n) is 9.56. The monoisotopic (exact) mass is 496 g/mol. The fourth-order valence-corrected chi connectivity index (χ4v) is 5.47. The summed E-state index contributed by atoms with van der Waals surface area (Å²) < 4.78 is 3.45. The highest BCUT2D eigenvalue weighted by Crippen LogP contribution is 2.36. The first-order chi connectivity index (χ1) is 16.6. The molecule has 2 aromatic carbocycles. The molecule has 3 aromatic rings. The number of benzene rings is 2. The van der Waals surface area contributed by atoms with Gasteiger partial charge in [0.1, 0.15) is 0 Å². The molecule has 2 heterocycles. The number of aliphatic carboxylic acids is 1. The van der Waals surface area contributed by atoms with E-state index in [1.807, 2.05) is 41.0 Å². The summed E-state index contributed by atoms with van der Waals surface area (Å²) in [6.07, 6.45) is 6.49.